The van der Waals surface area contributed by atoms with E-state index in [-0.39, 0.29) is 27.6 Å². The molecule has 272 valence electrons. The first kappa shape index (κ1) is 41.2. The molecule has 0 unspecified atom stereocenters. The van der Waals surface area contributed by atoms with Gasteiger partial charge in [-0.15, -0.1) is 0 Å². The van der Waals surface area contributed by atoms with Gasteiger partial charge < -0.3 is 9.79 Å². The summed E-state index contributed by atoms with van der Waals surface area (Å²) in [6, 6.07) is 9.67. The van der Waals surface area contributed by atoms with Crippen molar-refractivity contribution in [3.63, 3.8) is 0 Å². The molecule has 0 amide bonds. The lowest BCUT2D eigenvalue weighted by atomic mass is 9.60. The summed E-state index contributed by atoms with van der Waals surface area (Å²) >= 11 is 0. The Hall–Kier alpha value is -1.25. The third-order valence-corrected chi connectivity index (χ3v) is 11.3. The molecule has 0 aliphatic heterocycles. The summed E-state index contributed by atoms with van der Waals surface area (Å²) in [5, 5.41) is 0. The van der Waals surface area contributed by atoms with Gasteiger partial charge in [-0.3, -0.25) is 4.52 Å². The van der Waals surface area contributed by atoms with Crippen LogP contribution in [0.2, 0.25) is 0 Å². The maximum Gasteiger partial charge on any atom is 0.328 e. The van der Waals surface area contributed by atoms with E-state index >= 15 is 0 Å². The molecule has 0 radical (unpaired) electrons. The first-order valence-electron chi connectivity index (χ1n) is 19.3. The van der Waals surface area contributed by atoms with Gasteiger partial charge in [0.25, 0.3) is 0 Å². The molecular weight excluding hydrogens is 607 g/mol. The van der Waals surface area contributed by atoms with Crippen LogP contribution in [0.4, 0.5) is 0 Å². The van der Waals surface area contributed by atoms with Crippen molar-refractivity contribution in [2.45, 2.75) is 207 Å². The van der Waals surface area contributed by atoms with Crippen LogP contribution in [0.3, 0.4) is 0 Å². The van der Waals surface area contributed by atoms with Gasteiger partial charge in [0, 0.05) is 5.92 Å². The molecule has 0 saturated carbocycles. The predicted molar refractivity (Wildman–Crippen MR) is 210 cm³/mol. The van der Waals surface area contributed by atoms with Crippen molar-refractivity contribution < 1.29 is 14.3 Å². The second kappa shape index (κ2) is 16.0. The molecule has 2 aromatic carbocycles. The number of fused-ring (bicyclic) bond motifs is 2. The highest BCUT2D eigenvalue weighted by molar-refractivity contribution is 7.39. The maximum absolute atomic E-state index is 10.9. The minimum atomic E-state index is -2.63. The molecule has 3 rings (SSSR count). The number of unbranched alkanes of at least 4 members (excludes halogenated alkanes) is 10. The second-order valence-electron chi connectivity index (χ2n) is 19.2. The van der Waals surface area contributed by atoms with E-state index in [1.165, 1.54) is 102 Å². The average molecular weight is 681 g/mol. The van der Waals surface area contributed by atoms with E-state index in [9.17, 15) is 9.79 Å². The number of hydrogen-bond acceptors (Lipinski definition) is 3. The van der Waals surface area contributed by atoms with Gasteiger partial charge in [-0.05, 0) is 79.0 Å². The fourth-order valence-electron chi connectivity index (χ4n) is 7.82. The molecule has 48 heavy (non-hydrogen) atoms. The van der Waals surface area contributed by atoms with Crippen molar-refractivity contribution in [2.75, 3.05) is 0 Å². The van der Waals surface area contributed by atoms with E-state index in [0.29, 0.717) is 0 Å². The Morgan fingerprint density at radius 1 is 0.562 bits per heavy atom. The van der Waals surface area contributed by atoms with Crippen LogP contribution in [-0.4, -0.2) is 9.79 Å². The summed E-state index contributed by atoms with van der Waals surface area (Å²) in [6.45, 7) is 32.3. The SMILES string of the molecule is CCCCCCCCCCCCCC1(OP(O)O)c2c(cc(C(C)(C)C)cc2C(C)(C)C)C(C)c2cc(C(C)(C)C)cc(C(C)(C)C)c21. The number of benzene rings is 2. The Bertz CT molecular complexity index is 1260. The van der Waals surface area contributed by atoms with Crippen molar-refractivity contribution in [1.29, 1.82) is 0 Å². The van der Waals surface area contributed by atoms with E-state index in [2.05, 4.69) is 121 Å². The van der Waals surface area contributed by atoms with E-state index < -0.39 is 14.2 Å². The zero-order valence-electron chi connectivity index (χ0n) is 33.6. The van der Waals surface area contributed by atoms with Gasteiger partial charge in [0.2, 0.25) is 0 Å². The molecule has 0 heterocycles. The van der Waals surface area contributed by atoms with E-state index in [4.69, 9.17) is 4.52 Å². The van der Waals surface area contributed by atoms with E-state index in [1.807, 2.05) is 0 Å². The molecule has 0 spiro atoms. The van der Waals surface area contributed by atoms with Gasteiger partial charge in [0.05, 0.1) is 0 Å². The molecule has 3 nitrogen and oxygen atoms in total. The van der Waals surface area contributed by atoms with Gasteiger partial charge in [-0.25, -0.2) is 0 Å². The van der Waals surface area contributed by atoms with Crippen molar-refractivity contribution in [3.8, 4) is 0 Å². The molecule has 1 aliphatic carbocycles. The van der Waals surface area contributed by atoms with Crippen molar-refractivity contribution >= 4 is 8.60 Å². The quantitative estimate of drug-likeness (QED) is 0.154. The van der Waals surface area contributed by atoms with Crippen LogP contribution in [0.1, 0.15) is 224 Å². The first-order valence-corrected chi connectivity index (χ1v) is 20.5. The van der Waals surface area contributed by atoms with Gasteiger partial charge in [-0.1, -0.05) is 185 Å². The largest absolute Gasteiger partial charge is 0.328 e. The molecule has 0 fully saturated rings. The fraction of sp³-hybridized carbons (Fsp3) is 0.727. The van der Waals surface area contributed by atoms with Gasteiger partial charge >= 0.3 is 8.60 Å². The smallest absolute Gasteiger partial charge is 0.328 e. The summed E-state index contributed by atoms with van der Waals surface area (Å²) in [4.78, 5) is 21.8. The molecule has 4 heteroatoms. The average Bonchev–Trinajstić information content (AvgIpc) is 2.95. The highest BCUT2D eigenvalue weighted by Gasteiger charge is 2.51. The Morgan fingerprint density at radius 2 is 0.917 bits per heavy atom. The standard InChI is InChI=1S/C44H73O3P/c1-15-16-17-18-19-20-21-22-23-24-25-26-44(47-48(45)46)38-34(27-32(40(3,4)5)29-36(38)42(9,10)11)31(2)35-28-33(41(6,7)8)30-37(39(35)44)43(12,13)14/h27-31,45-46H,15-26H2,1-14H3. The van der Waals surface area contributed by atoms with Crippen molar-refractivity contribution in [1.82, 2.24) is 0 Å². The summed E-state index contributed by atoms with van der Waals surface area (Å²) in [7, 11) is -2.63. The highest BCUT2D eigenvalue weighted by Crippen LogP contribution is 2.59. The normalized spacial score (nSPS) is 18.7. The maximum atomic E-state index is 10.9. The molecule has 0 atom stereocenters. The molecule has 2 aromatic rings. The Balaban J connectivity index is 2.25. The summed E-state index contributed by atoms with van der Waals surface area (Å²) in [5.74, 6) is 0.138. The lowest BCUT2D eigenvalue weighted by Gasteiger charge is -2.49. The fourth-order valence-corrected chi connectivity index (χ4v) is 8.37. The topological polar surface area (TPSA) is 49.7 Å². The van der Waals surface area contributed by atoms with E-state index in [1.54, 1.807) is 0 Å². The lowest BCUT2D eigenvalue weighted by molar-refractivity contribution is 0.0707. The van der Waals surface area contributed by atoms with Crippen LogP contribution >= 0.6 is 8.60 Å². The van der Waals surface area contributed by atoms with Crippen LogP contribution < -0.4 is 0 Å². The third kappa shape index (κ3) is 9.75. The predicted octanol–water partition coefficient (Wildman–Crippen LogP) is 13.5. The first-order chi connectivity index (χ1) is 22.1. The molecule has 0 bridgehead atoms. The Kier molecular flexibility index (Phi) is 13.7. The molecule has 1 aliphatic rings. The van der Waals surface area contributed by atoms with Crippen LogP contribution in [0, 0.1) is 0 Å². The molecule has 2 N–H and O–H groups in total. The van der Waals surface area contributed by atoms with Crippen LogP contribution in [0.15, 0.2) is 24.3 Å². The zero-order chi connectivity index (χ0) is 36.3. The van der Waals surface area contributed by atoms with Crippen LogP contribution in [-0.2, 0) is 31.8 Å². The third-order valence-electron chi connectivity index (χ3n) is 10.8. The Morgan fingerprint density at radius 3 is 1.23 bits per heavy atom. The van der Waals surface area contributed by atoms with Crippen LogP contribution in [0.5, 0.6) is 0 Å². The molecule has 0 aromatic heterocycles. The minimum Gasteiger partial charge on any atom is -0.328 e. The van der Waals surface area contributed by atoms with Crippen LogP contribution in [0.25, 0.3) is 0 Å². The van der Waals surface area contributed by atoms with Crippen molar-refractivity contribution in [3.05, 3.63) is 68.8 Å². The number of hydrogen-bond donors (Lipinski definition) is 2. The van der Waals surface area contributed by atoms with Gasteiger partial charge in [0.15, 0.2) is 0 Å². The molecular formula is C44H73O3P. The van der Waals surface area contributed by atoms with Crippen molar-refractivity contribution in [2.24, 2.45) is 0 Å². The monoisotopic (exact) mass is 681 g/mol. The highest BCUT2D eigenvalue weighted by atomic mass is 31.2. The van der Waals surface area contributed by atoms with Gasteiger partial charge in [-0.2, -0.15) is 0 Å². The minimum absolute atomic E-state index is 0.0288. The summed E-state index contributed by atoms with van der Waals surface area (Å²) in [6.07, 6.45) is 14.7. The zero-order valence-corrected chi connectivity index (χ0v) is 34.5. The Labute approximate surface area is 298 Å². The molecule has 0 saturated heterocycles. The summed E-state index contributed by atoms with van der Waals surface area (Å²) < 4.78 is 6.77. The second-order valence-corrected chi connectivity index (χ2v) is 19.8. The lowest BCUT2D eigenvalue weighted by Crippen LogP contribution is -2.42. The summed E-state index contributed by atoms with van der Waals surface area (Å²) in [5.41, 5.74) is 8.75. The number of rotatable bonds is 14. The van der Waals surface area contributed by atoms with E-state index in [0.717, 1.165) is 19.3 Å². The van der Waals surface area contributed by atoms with Gasteiger partial charge in [0.1, 0.15) is 5.60 Å².